The van der Waals surface area contributed by atoms with Crippen molar-refractivity contribution in [3.63, 3.8) is 0 Å². The fourth-order valence-corrected chi connectivity index (χ4v) is 3.46. The molecule has 141 valence electrons. The van der Waals surface area contributed by atoms with Gasteiger partial charge < -0.3 is 14.4 Å². The van der Waals surface area contributed by atoms with Crippen molar-refractivity contribution in [1.29, 1.82) is 0 Å². The summed E-state index contributed by atoms with van der Waals surface area (Å²) in [6.45, 7) is 2.26. The van der Waals surface area contributed by atoms with Gasteiger partial charge in [-0.2, -0.15) is 0 Å². The Hall–Kier alpha value is 0.656. The molecule has 0 fully saturated rings. The van der Waals surface area contributed by atoms with E-state index in [0.717, 1.165) is 12.8 Å². The molecule has 0 heterocycles. The minimum Gasteiger partial charge on any atom is -0.811 e. The summed E-state index contributed by atoms with van der Waals surface area (Å²) < 4.78 is 10.5. The Morgan fingerprint density at radius 3 is 1.09 bits per heavy atom. The van der Waals surface area contributed by atoms with Gasteiger partial charge in [-0.1, -0.05) is 111 Å². The molecule has 1 radical (unpaired) electrons. The van der Waals surface area contributed by atoms with Crippen molar-refractivity contribution in [2.24, 2.45) is 0 Å². The summed E-state index contributed by atoms with van der Waals surface area (Å²) in [6, 6.07) is 0. The Bertz CT molecular complexity index is 269. The molecule has 0 bridgehead atoms. The van der Waals surface area contributed by atoms with Crippen molar-refractivity contribution < 1.29 is 31.1 Å². The van der Waals surface area contributed by atoms with Crippen LogP contribution in [0.4, 0.5) is 0 Å². The number of hydrogen-bond acceptors (Lipinski definition) is 3. The maximum atomic E-state index is 10.5. The van der Waals surface area contributed by atoms with Gasteiger partial charge in [0.1, 0.15) is 0 Å². The van der Waals surface area contributed by atoms with Crippen LogP contribution in [0, 0.1) is 0 Å². The van der Waals surface area contributed by atoms with E-state index in [2.05, 4.69) is 6.92 Å². The summed E-state index contributed by atoms with van der Waals surface area (Å²) in [5.74, 6) is 0. The molecular weight excluding hydrogens is 354 g/mol. The maximum absolute atomic E-state index is 10.5. The Balaban J connectivity index is 0. The Morgan fingerprint density at radius 2 is 0.826 bits per heavy atom. The third kappa shape index (κ3) is 25.0. The molecule has 0 aromatic heterocycles. The predicted molar refractivity (Wildman–Crippen MR) is 92.0 cm³/mol. The minimum atomic E-state index is -4.25. The first kappa shape index (κ1) is 25.9. The van der Waals surface area contributed by atoms with Crippen LogP contribution in [0.3, 0.4) is 0 Å². The molecule has 0 aliphatic rings. The van der Waals surface area contributed by atoms with Gasteiger partial charge >= 0.3 is 16.8 Å². The molecule has 0 rings (SSSR count). The van der Waals surface area contributed by atoms with E-state index in [-0.39, 0.29) is 22.9 Å². The summed E-state index contributed by atoms with van der Waals surface area (Å²) in [5, 5.41) is 0. The molecule has 0 saturated heterocycles. The molecule has 3 nitrogen and oxygen atoms in total. The van der Waals surface area contributed by atoms with Gasteiger partial charge in [-0.25, -0.2) is 0 Å². The Kier molecular flexibility index (Phi) is 21.4. The molecule has 0 aliphatic carbocycles. The van der Waals surface area contributed by atoms with Crippen LogP contribution >= 0.6 is 7.60 Å². The van der Waals surface area contributed by atoms with Crippen molar-refractivity contribution in [3.05, 3.63) is 0 Å². The Labute approximate surface area is 154 Å². The van der Waals surface area contributed by atoms with Crippen LogP contribution in [0.15, 0.2) is 0 Å². The van der Waals surface area contributed by atoms with Crippen molar-refractivity contribution in [3.8, 4) is 0 Å². The van der Waals surface area contributed by atoms with Crippen molar-refractivity contribution in [1.82, 2.24) is 0 Å². The van der Waals surface area contributed by atoms with Crippen LogP contribution in [-0.4, -0.2) is 6.16 Å². The molecule has 0 aliphatic heterocycles. The quantitative estimate of drug-likeness (QED) is 0.254. The third-order valence-electron chi connectivity index (χ3n) is 4.29. The van der Waals surface area contributed by atoms with Crippen LogP contribution in [0.5, 0.6) is 0 Å². The molecule has 0 amide bonds. The summed E-state index contributed by atoms with van der Waals surface area (Å²) in [4.78, 5) is 20.9. The van der Waals surface area contributed by atoms with Crippen LogP contribution in [0.2, 0.25) is 0 Å². The van der Waals surface area contributed by atoms with Gasteiger partial charge in [0.15, 0.2) is 0 Å². The number of hydrogen-bond donors (Lipinski definition) is 0. The fraction of sp³-hybridized carbons (Fsp3) is 1.00. The maximum Gasteiger partial charge on any atom is 2.00 e. The van der Waals surface area contributed by atoms with Crippen molar-refractivity contribution in [2.45, 2.75) is 110 Å². The molecule has 0 aromatic carbocycles. The topological polar surface area (TPSA) is 63.2 Å². The largest absolute Gasteiger partial charge is 2.00 e. The molecule has 5 heteroatoms. The zero-order valence-corrected chi connectivity index (χ0v) is 17.0. The molecule has 0 atom stereocenters. The van der Waals surface area contributed by atoms with E-state index in [1.165, 1.54) is 83.5 Å². The number of rotatable bonds is 17. The van der Waals surface area contributed by atoms with Gasteiger partial charge in [-0.05, 0) is 12.6 Å². The van der Waals surface area contributed by atoms with Crippen molar-refractivity contribution in [2.75, 3.05) is 6.16 Å². The Morgan fingerprint density at radius 1 is 0.565 bits per heavy atom. The van der Waals surface area contributed by atoms with Crippen molar-refractivity contribution >= 4 is 7.60 Å². The zero-order chi connectivity index (χ0) is 16.5. The minimum absolute atomic E-state index is 0. The summed E-state index contributed by atoms with van der Waals surface area (Å²) >= 11 is 0. The molecule has 0 saturated carbocycles. The fourth-order valence-electron chi connectivity index (χ4n) is 2.85. The average molecular weight is 391 g/mol. The molecule has 0 unspecified atom stereocenters. The van der Waals surface area contributed by atoms with Crippen LogP contribution in [0.25, 0.3) is 0 Å². The first-order valence-electron chi connectivity index (χ1n) is 9.57. The molecule has 23 heavy (non-hydrogen) atoms. The van der Waals surface area contributed by atoms with Crippen LogP contribution in [-0.2, 0) is 21.3 Å². The second-order valence-electron chi connectivity index (χ2n) is 6.64. The zero-order valence-electron chi connectivity index (χ0n) is 15.0. The summed E-state index contributed by atoms with van der Waals surface area (Å²) in [7, 11) is -4.25. The smallest absolute Gasteiger partial charge is 0.811 e. The van der Waals surface area contributed by atoms with E-state index in [0.29, 0.717) is 6.42 Å². The molecule has 0 aromatic rings. The van der Waals surface area contributed by atoms with E-state index in [4.69, 9.17) is 0 Å². The average Bonchev–Trinajstić information content (AvgIpc) is 2.45. The molecule has 0 N–H and O–H groups in total. The van der Waals surface area contributed by atoms with Gasteiger partial charge in [-0.15, -0.1) is 0 Å². The van der Waals surface area contributed by atoms with Gasteiger partial charge in [0, 0.05) is 0 Å². The van der Waals surface area contributed by atoms with Gasteiger partial charge in [-0.3, -0.25) is 0 Å². The standard InChI is InChI=1S/C18H39O3P.Co/c1-2-3-4-5-6-7-8-9-10-11-12-13-14-15-16-17-18-22(19,20)21;/h2-18H2,1H3,(H2,19,20,21);/q;+2/p-2. The van der Waals surface area contributed by atoms with Gasteiger partial charge in [0.2, 0.25) is 0 Å². The van der Waals surface area contributed by atoms with E-state index in [1.54, 1.807) is 0 Å². The first-order chi connectivity index (χ1) is 10.6. The molecular formula is C18H37CoO3P. The van der Waals surface area contributed by atoms with Gasteiger partial charge in [0.25, 0.3) is 0 Å². The van der Waals surface area contributed by atoms with Gasteiger partial charge in [0.05, 0.1) is 0 Å². The first-order valence-corrected chi connectivity index (χ1v) is 11.3. The number of unbranched alkanes of at least 4 members (excludes halogenated alkanes) is 15. The van der Waals surface area contributed by atoms with Crippen LogP contribution in [0.1, 0.15) is 110 Å². The summed E-state index contributed by atoms with van der Waals surface area (Å²) in [5.41, 5.74) is 0. The normalized spacial score (nSPS) is 11.4. The molecule has 0 spiro atoms. The monoisotopic (exact) mass is 391 g/mol. The SMILES string of the molecule is CCCCCCCCCCCCCCCCCCP(=O)([O-])[O-].[Co+2]. The second kappa shape index (κ2) is 19.0. The van der Waals surface area contributed by atoms with E-state index >= 15 is 0 Å². The second-order valence-corrected chi connectivity index (χ2v) is 8.31. The van der Waals surface area contributed by atoms with Crippen LogP contribution < -0.4 is 9.79 Å². The van der Waals surface area contributed by atoms with E-state index in [1.807, 2.05) is 0 Å². The predicted octanol–water partition coefficient (Wildman–Crippen LogP) is 5.16. The third-order valence-corrected chi connectivity index (χ3v) is 5.15. The van der Waals surface area contributed by atoms with E-state index in [9.17, 15) is 14.4 Å². The van der Waals surface area contributed by atoms with E-state index < -0.39 is 7.60 Å². The summed E-state index contributed by atoms with van der Waals surface area (Å²) in [6.07, 6.45) is 19.9.